The summed E-state index contributed by atoms with van der Waals surface area (Å²) < 4.78 is 5.33. The molecule has 22 heavy (non-hydrogen) atoms. The van der Waals surface area contributed by atoms with Crippen LogP contribution in [0.25, 0.3) is 11.1 Å². The zero-order valence-corrected chi connectivity index (χ0v) is 13.8. The second-order valence-electron chi connectivity index (χ2n) is 5.59. The number of hydrogen-bond donors (Lipinski definition) is 3. The molecule has 0 radical (unpaired) electrons. The van der Waals surface area contributed by atoms with Crippen molar-refractivity contribution in [3.05, 3.63) is 28.6 Å². The first-order chi connectivity index (χ1) is 10.5. The van der Waals surface area contributed by atoms with Crippen LogP contribution in [0.3, 0.4) is 0 Å². The minimum atomic E-state index is -0.145. The smallest absolute Gasteiger partial charge is 0.266 e. The van der Waals surface area contributed by atoms with Crippen LogP contribution in [-0.2, 0) is 0 Å². The van der Waals surface area contributed by atoms with E-state index >= 15 is 0 Å². The van der Waals surface area contributed by atoms with Crippen molar-refractivity contribution in [1.82, 2.24) is 10.3 Å². The topological polar surface area (TPSA) is 78.3 Å². The molecule has 0 aliphatic heterocycles. The van der Waals surface area contributed by atoms with Crippen molar-refractivity contribution in [1.29, 1.82) is 0 Å². The van der Waals surface area contributed by atoms with Gasteiger partial charge in [0.1, 0.15) is 0 Å². The molecule has 0 spiro atoms. The van der Waals surface area contributed by atoms with E-state index in [9.17, 15) is 9.90 Å². The predicted molar refractivity (Wildman–Crippen MR) is 88.4 cm³/mol. The SMILES string of the molecule is CCC(CC)(CCO)CNC(=O)c1ccc2[nH]c(=S)oc2c1. The van der Waals surface area contributed by atoms with Gasteiger partial charge in [-0.2, -0.15) is 0 Å². The Hall–Kier alpha value is -1.66. The van der Waals surface area contributed by atoms with Gasteiger partial charge in [0.2, 0.25) is 0 Å². The second kappa shape index (κ2) is 7.07. The van der Waals surface area contributed by atoms with Gasteiger partial charge >= 0.3 is 0 Å². The predicted octanol–water partition coefficient (Wildman–Crippen LogP) is 3.41. The van der Waals surface area contributed by atoms with E-state index in [4.69, 9.17) is 16.6 Å². The van der Waals surface area contributed by atoms with Crippen LogP contribution in [0.4, 0.5) is 0 Å². The molecule has 0 unspecified atom stereocenters. The Bertz CT molecular complexity index is 701. The third kappa shape index (κ3) is 3.56. The van der Waals surface area contributed by atoms with Gasteiger partial charge in [0.25, 0.3) is 10.7 Å². The first-order valence-corrected chi connectivity index (χ1v) is 7.96. The largest absolute Gasteiger partial charge is 0.429 e. The minimum absolute atomic E-state index is 0.0548. The van der Waals surface area contributed by atoms with Gasteiger partial charge in [0, 0.05) is 18.7 Å². The number of fused-ring (bicyclic) bond motifs is 1. The molecule has 0 atom stereocenters. The molecule has 0 aliphatic rings. The maximum absolute atomic E-state index is 12.3. The summed E-state index contributed by atoms with van der Waals surface area (Å²) >= 11 is 4.94. The molecule has 3 N–H and O–H groups in total. The van der Waals surface area contributed by atoms with Crippen molar-refractivity contribution < 1.29 is 14.3 Å². The highest BCUT2D eigenvalue weighted by molar-refractivity contribution is 7.71. The Morgan fingerprint density at radius 3 is 2.77 bits per heavy atom. The number of nitrogens with one attached hydrogen (secondary N) is 2. The third-order valence-electron chi connectivity index (χ3n) is 4.45. The molecule has 0 bridgehead atoms. The van der Waals surface area contributed by atoms with Crippen molar-refractivity contribution in [2.45, 2.75) is 33.1 Å². The van der Waals surface area contributed by atoms with Gasteiger partial charge < -0.3 is 19.8 Å². The van der Waals surface area contributed by atoms with Gasteiger partial charge in [0.05, 0.1) is 5.52 Å². The lowest BCUT2D eigenvalue weighted by molar-refractivity contribution is 0.0907. The quantitative estimate of drug-likeness (QED) is 0.683. The molecular weight excluding hydrogens is 300 g/mol. The van der Waals surface area contributed by atoms with Gasteiger partial charge in [-0.25, -0.2) is 0 Å². The highest BCUT2D eigenvalue weighted by Crippen LogP contribution is 2.29. The van der Waals surface area contributed by atoms with Gasteiger partial charge in [0.15, 0.2) is 5.58 Å². The maximum Gasteiger partial charge on any atom is 0.266 e. The summed E-state index contributed by atoms with van der Waals surface area (Å²) in [6, 6.07) is 5.21. The number of oxazole rings is 1. The first-order valence-electron chi connectivity index (χ1n) is 7.55. The molecule has 2 aromatic rings. The summed E-state index contributed by atoms with van der Waals surface area (Å²) in [6.45, 7) is 4.85. The molecular formula is C16H22N2O3S. The lowest BCUT2D eigenvalue weighted by Crippen LogP contribution is -2.37. The highest BCUT2D eigenvalue weighted by atomic mass is 32.1. The molecule has 0 saturated carbocycles. The first kappa shape index (κ1) is 16.7. The number of amides is 1. The van der Waals surface area contributed by atoms with E-state index in [2.05, 4.69) is 24.1 Å². The van der Waals surface area contributed by atoms with E-state index in [1.165, 1.54) is 0 Å². The van der Waals surface area contributed by atoms with Crippen LogP contribution >= 0.6 is 12.2 Å². The molecule has 1 heterocycles. The molecule has 5 nitrogen and oxygen atoms in total. The van der Waals surface area contributed by atoms with Crippen LogP contribution in [0.2, 0.25) is 0 Å². The van der Waals surface area contributed by atoms with Crippen LogP contribution < -0.4 is 5.32 Å². The fraction of sp³-hybridized carbons (Fsp3) is 0.500. The van der Waals surface area contributed by atoms with Crippen LogP contribution in [0.5, 0.6) is 0 Å². The average molecular weight is 322 g/mol. The number of carbonyl (C=O) groups excluding carboxylic acids is 1. The Balaban J connectivity index is 2.11. The van der Waals surface area contributed by atoms with Gasteiger partial charge in [-0.05, 0) is 55.1 Å². The van der Waals surface area contributed by atoms with E-state index in [1.54, 1.807) is 18.2 Å². The second-order valence-corrected chi connectivity index (χ2v) is 5.96. The molecule has 1 amide bonds. The Kier molecular flexibility index (Phi) is 5.37. The van der Waals surface area contributed by atoms with Crippen molar-refractivity contribution in [2.75, 3.05) is 13.2 Å². The average Bonchev–Trinajstić information content (AvgIpc) is 2.90. The van der Waals surface area contributed by atoms with E-state index in [-0.39, 0.29) is 17.9 Å². The number of hydrogen-bond acceptors (Lipinski definition) is 4. The van der Waals surface area contributed by atoms with Crippen LogP contribution in [0.15, 0.2) is 22.6 Å². The molecule has 0 saturated heterocycles. The number of carbonyl (C=O) groups is 1. The maximum atomic E-state index is 12.3. The number of aliphatic hydroxyl groups is 1. The number of H-pyrrole nitrogens is 1. The Labute approximate surface area is 134 Å². The summed E-state index contributed by atoms with van der Waals surface area (Å²) in [5, 5.41) is 12.2. The van der Waals surface area contributed by atoms with E-state index in [0.29, 0.717) is 28.9 Å². The zero-order valence-electron chi connectivity index (χ0n) is 12.9. The molecule has 6 heteroatoms. The normalized spacial score (nSPS) is 11.8. The summed E-state index contributed by atoms with van der Waals surface area (Å²) in [7, 11) is 0. The summed E-state index contributed by atoms with van der Waals surface area (Å²) in [5.41, 5.74) is 1.83. The standard InChI is InChI=1S/C16H22N2O3S/c1-3-16(4-2,7-8-19)10-17-14(20)11-5-6-12-13(9-11)21-15(22)18-12/h5-6,9,19H,3-4,7-8,10H2,1-2H3,(H,17,20)(H,18,22). The van der Waals surface area contributed by atoms with E-state index in [0.717, 1.165) is 18.4 Å². The molecule has 1 aromatic carbocycles. The lowest BCUT2D eigenvalue weighted by atomic mass is 9.79. The van der Waals surface area contributed by atoms with E-state index in [1.807, 2.05) is 0 Å². The zero-order chi connectivity index (χ0) is 16.2. The lowest BCUT2D eigenvalue weighted by Gasteiger charge is -2.31. The van der Waals surface area contributed by atoms with Crippen molar-refractivity contribution in [3.63, 3.8) is 0 Å². The highest BCUT2D eigenvalue weighted by Gasteiger charge is 2.26. The molecule has 1 aromatic heterocycles. The van der Waals surface area contributed by atoms with Crippen molar-refractivity contribution >= 4 is 29.2 Å². The van der Waals surface area contributed by atoms with Crippen molar-refractivity contribution in [2.24, 2.45) is 5.41 Å². The molecule has 0 aliphatic carbocycles. The number of aromatic amines is 1. The minimum Gasteiger partial charge on any atom is -0.429 e. The summed E-state index contributed by atoms with van der Waals surface area (Å²) in [5.74, 6) is -0.145. The molecule has 0 fully saturated rings. The Morgan fingerprint density at radius 2 is 2.14 bits per heavy atom. The van der Waals surface area contributed by atoms with Crippen LogP contribution in [-0.4, -0.2) is 29.1 Å². The van der Waals surface area contributed by atoms with Gasteiger partial charge in [-0.3, -0.25) is 4.79 Å². The number of aliphatic hydroxyl groups excluding tert-OH is 1. The summed E-state index contributed by atoms with van der Waals surface area (Å²) in [6.07, 6.45) is 2.51. The number of benzene rings is 1. The number of rotatable bonds is 7. The van der Waals surface area contributed by atoms with Gasteiger partial charge in [-0.1, -0.05) is 13.8 Å². The molecule has 2 rings (SSSR count). The fourth-order valence-corrected chi connectivity index (χ4v) is 2.84. The van der Waals surface area contributed by atoms with E-state index < -0.39 is 0 Å². The Morgan fingerprint density at radius 1 is 1.41 bits per heavy atom. The molecule has 120 valence electrons. The summed E-state index contributed by atoms with van der Waals surface area (Å²) in [4.78, 5) is 15.5. The number of aromatic nitrogens is 1. The van der Waals surface area contributed by atoms with Crippen LogP contribution in [0, 0.1) is 10.3 Å². The fourth-order valence-electron chi connectivity index (χ4n) is 2.64. The van der Waals surface area contributed by atoms with Crippen LogP contribution in [0.1, 0.15) is 43.5 Å². The third-order valence-corrected chi connectivity index (χ3v) is 4.63. The monoisotopic (exact) mass is 322 g/mol. The van der Waals surface area contributed by atoms with Crippen molar-refractivity contribution in [3.8, 4) is 0 Å². The van der Waals surface area contributed by atoms with Gasteiger partial charge in [-0.15, -0.1) is 0 Å².